The molecule has 1 N–H and O–H groups in total. The van der Waals surface area contributed by atoms with Gasteiger partial charge in [-0.05, 0) is 48.4 Å². The molecule has 6 rings (SSSR count). The first-order valence-electron chi connectivity index (χ1n) is 13.4. The van der Waals surface area contributed by atoms with Crippen LogP contribution in [-0.2, 0) is 31.4 Å². The molecule has 0 radical (unpaired) electrons. The lowest BCUT2D eigenvalue weighted by Gasteiger charge is -2.17. The molecule has 0 aliphatic heterocycles. The quantitative estimate of drug-likeness (QED) is 0.210. The number of hydrogen-bond donors (Lipinski definition) is 1. The summed E-state index contributed by atoms with van der Waals surface area (Å²) in [5, 5.41) is 12.1. The predicted octanol–water partition coefficient (Wildman–Crippen LogP) is 6.19. The maximum absolute atomic E-state index is 12.4. The number of carboxylic acids is 1. The Labute approximate surface area is 240 Å². The number of benzene rings is 3. The molecule has 1 unspecified atom stereocenters. The predicted molar refractivity (Wildman–Crippen MR) is 158 cm³/mol. The van der Waals surface area contributed by atoms with Crippen LogP contribution in [0.25, 0.3) is 33.0 Å². The number of aliphatic carboxylic acids is 1. The standard InChI is InChI=1S/C31H28ClN5O4/c1-3-14-37-24-10-6-5-9-22(24)35-27(37)17-40-25-11-7-4-8-19(25)15-26(31(38)39)41-30-28-21-16-20(32)12-13-23(21)36(2)29(28)33-18-34-30/h4-13,16,18,26H,3,14-15,17H2,1-2H3,(H,38,39). The highest BCUT2D eigenvalue weighted by atomic mass is 35.5. The van der Waals surface area contributed by atoms with Crippen molar-refractivity contribution in [2.24, 2.45) is 7.05 Å². The number of para-hydroxylation sites is 3. The lowest BCUT2D eigenvalue weighted by Crippen LogP contribution is -2.30. The molecule has 1 atom stereocenters. The van der Waals surface area contributed by atoms with Crippen LogP contribution in [0.1, 0.15) is 24.7 Å². The third-order valence-electron chi connectivity index (χ3n) is 7.14. The first-order valence-corrected chi connectivity index (χ1v) is 13.7. The van der Waals surface area contributed by atoms with E-state index in [4.69, 9.17) is 26.1 Å². The lowest BCUT2D eigenvalue weighted by atomic mass is 10.1. The maximum atomic E-state index is 12.4. The summed E-state index contributed by atoms with van der Waals surface area (Å²) in [6.45, 7) is 3.19. The van der Waals surface area contributed by atoms with E-state index in [2.05, 4.69) is 27.5 Å². The number of aryl methyl sites for hydroxylation is 2. The smallest absolute Gasteiger partial charge is 0.345 e. The number of imidazole rings is 1. The molecule has 0 bridgehead atoms. The molecule has 9 nitrogen and oxygen atoms in total. The molecule has 0 aliphatic rings. The summed E-state index contributed by atoms with van der Waals surface area (Å²) in [4.78, 5) is 25.9. The van der Waals surface area contributed by atoms with Gasteiger partial charge in [0.15, 0.2) is 0 Å². The van der Waals surface area contributed by atoms with Crippen molar-refractivity contribution in [2.45, 2.75) is 39.0 Å². The molecule has 0 spiro atoms. The van der Waals surface area contributed by atoms with Gasteiger partial charge in [0.05, 0.1) is 21.9 Å². The van der Waals surface area contributed by atoms with E-state index in [9.17, 15) is 9.90 Å². The lowest BCUT2D eigenvalue weighted by molar-refractivity contribution is -0.145. The average Bonchev–Trinajstić information content (AvgIpc) is 3.47. The summed E-state index contributed by atoms with van der Waals surface area (Å²) in [6, 6.07) is 20.9. The van der Waals surface area contributed by atoms with Crippen molar-refractivity contribution in [3.05, 3.63) is 89.5 Å². The molecule has 41 heavy (non-hydrogen) atoms. The Hall–Kier alpha value is -4.63. The van der Waals surface area contributed by atoms with E-state index in [0.29, 0.717) is 27.4 Å². The van der Waals surface area contributed by atoms with E-state index >= 15 is 0 Å². The van der Waals surface area contributed by atoms with Gasteiger partial charge in [0, 0.05) is 30.4 Å². The van der Waals surface area contributed by atoms with Crippen LogP contribution in [0.2, 0.25) is 5.02 Å². The molecule has 3 aromatic heterocycles. The fourth-order valence-electron chi connectivity index (χ4n) is 5.23. The number of nitrogens with zero attached hydrogens (tertiary/aromatic N) is 5. The SMILES string of the molecule is CCCn1c(COc2ccccc2CC(Oc2ncnc3c2c2cc(Cl)ccc2n3C)C(=O)O)nc2ccccc21. The van der Waals surface area contributed by atoms with Crippen LogP contribution < -0.4 is 9.47 Å². The zero-order valence-corrected chi connectivity index (χ0v) is 23.4. The van der Waals surface area contributed by atoms with Crippen molar-refractivity contribution in [3.63, 3.8) is 0 Å². The van der Waals surface area contributed by atoms with Crippen molar-refractivity contribution < 1.29 is 19.4 Å². The number of hydrogen-bond acceptors (Lipinski definition) is 6. The van der Waals surface area contributed by atoms with Gasteiger partial charge in [-0.3, -0.25) is 0 Å². The molecule has 0 saturated carbocycles. The molecule has 10 heteroatoms. The van der Waals surface area contributed by atoms with Crippen LogP contribution in [-0.4, -0.2) is 41.3 Å². The minimum absolute atomic E-state index is 0.0634. The van der Waals surface area contributed by atoms with Gasteiger partial charge in [-0.2, -0.15) is 0 Å². The van der Waals surface area contributed by atoms with Crippen molar-refractivity contribution in [3.8, 4) is 11.6 Å². The average molecular weight is 570 g/mol. The molecule has 6 aromatic rings. The molecule has 0 fully saturated rings. The van der Waals surface area contributed by atoms with E-state index in [1.54, 1.807) is 12.1 Å². The van der Waals surface area contributed by atoms with Crippen LogP contribution in [0.5, 0.6) is 11.6 Å². The Morgan fingerprint density at radius 1 is 1.05 bits per heavy atom. The number of carboxylic acid groups (broad SMARTS) is 1. The van der Waals surface area contributed by atoms with Crippen molar-refractivity contribution in [1.82, 2.24) is 24.1 Å². The van der Waals surface area contributed by atoms with Crippen LogP contribution in [0.3, 0.4) is 0 Å². The van der Waals surface area contributed by atoms with Crippen LogP contribution in [0.15, 0.2) is 73.1 Å². The molecular formula is C31H28ClN5O4. The summed E-state index contributed by atoms with van der Waals surface area (Å²) in [6.07, 6.45) is 1.17. The third kappa shape index (κ3) is 5.04. The summed E-state index contributed by atoms with van der Waals surface area (Å²) in [5.41, 5.74) is 4.18. The van der Waals surface area contributed by atoms with Crippen LogP contribution in [0.4, 0.5) is 0 Å². The molecule has 0 aliphatic carbocycles. The van der Waals surface area contributed by atoms with Gasteiger partial charge < -0.3 is 23.7 Å². The second kappa shape index (κ2) is 11.1. The zero-order valence-electron chi connectivity index (χ0n) is 22.6. The van der Waals surface area contributed by atoms with Gasteiger partial charge in [0.25, 0.3) is 0 Å². The van der Waals surface area contributed by atoms with Crippen LogP contribution >= 0.6 is 11.6 Å². The minimum atomic E-state index is -1.23. The highest BCUT2D eigenvalue weighted by Crippen LogP contribution is 2.35. The number of halogens is 1. The second-order valence-corrected chi connectivity index (χ2v) is 10.2. The van der Waals surface area contributed by atoms with E-state index < -0.39 is 12.1 Å². The highest BCUT2D eigenvalue weighted by molar-refractivity contribution is 6.32. The van der Waals surface area contributed by atoms with Crippen molar-refractivity contribution >= 4 is 50.5 Å². The highest BCUT2D eigenvalue weighted by Gasteiger charge is 2.25. The Bertz CT molecular complexity index is 1900. The summed E-state index contributed by atoms with van der Waals surface area (Å²) < 4.78 is 16.4. The Balaban J connectivity index is 1.29. The first-order chi connectivity index (χ1) is 19.9. The summed E-state index contributed by atoms with van der Waals surface area (Å²) in [5.74, 6) is 0.450. The fraction of sp³-hybridized carbons (Fsp3) is 0.226. The van der Waals surface area contributed by atoms with E-state index in [1.807, 2.05) is 60.1 Å². The zero-order chi connectivity index (χ0) is 28.5. The summed E-state index contributed by atoms with van der Waals surface area (Å²) in [7, 11) is 1.88. The van der Waals surface area contributed by atoms with Gasteiger partial charge in [-0.25, -0.2) is 19.7 Å². The summed E-state index contributed by atoms with van der Waals surface area (Å²) >= 11 is 6.28. The Kier molecular flexibility index (Phi) is 7.19. The molecule has 3 aromatic carbocycles. The van der Waals surface area contributed by atoms with Crippen molar-refractivity contribution in [1.29, 1.82) is 0 Å². The fourth-order valence-corrected chi connectivity index (χ4v) is 5.41. The molecular weight excluding hydrogens is 542 g/mol. The van der Waals surface area contributed by atoms with E-state index in [1.165, 1.54) is 6.33 Å². The Morgan fingerprint density at radius 3 is 2.68 bits per heavy atom. The largest absolute Gasteiger partial charge is 0.485 e. The van der Waals surface area contributed by atoms with Gasteiger partial charge >= 0.3 is 5.97 Å². The molecule has 0 saturated heterocycles. The third-order valence-corrected chi connectivity index (χ3v) is 7.38. The van der Waals surface area contributed by atoms with Gasteiger partial charge in [0.1, 0.15) is 30.2 Å². The number of carbonyl (C=O) groups is 1. The molecule has 3 heterocycles. The van der Waals surface area contributed by atoms with Crippen LogP contribution in [0, 0.1) is 0 Å². The maximum Gasteiger partial charge on any atom is 0.345 e. The van der Waals surface area contributed by atoms with Gasteiger partial charge in [-0.1, -0.05) is 48.9 Å². The number of fused-ring (bicyclic) bond motifs is 4. The molecule has 0 amide bonds. The van der Waals surface area contributed by atoms with Gasteiger partial charge in [0.2, 0.25) is 12.0 Å². The second-order valence-electron chi connectivity index (χ2n) is 9.81. The minimum Gasteiger partial charge on any atom is -0.485 e. The monoisotopic (exact) mass is 569 g/mol. The van der Waals surface area contributed by atoms with Gasteiger partial charge in [-0.15, -0.1) is 0 Å². The van der Waals surface area contributed by atoms with E-state index in [-0.39, 0.29) is 18.9 Å². The van der Waals surface area contributed by atoms with Crippen molar-refractivity contribution in [2.75, 3.05) is 0 Å². The van der Waals surface area contributed by atoms with E-state index in [0.717, 1.165) is 40.7 Å². The number of aromatic nitrogens is 5. The topological polar surface area (TPSA) is 104 Å². The normalized spacial score (nSPS) is 12.3. The molecule has 208 valence electrons. The number of ether oxygens (including phenoxy) is 2. The Morgan fingerprint density at radius 2 is 1.85 bits per heavy atom. The first kappa shape index (κ1) is 26.6. The number of rotatable bonds is 10.